The lowest BCUT2D eigenvalue weighted by atomic mass is 10.3. The summed E-state index contributed by atoms with van der Waals surface area (Å²) < 4.78 is 0. The van der Waals surface area contributed by atoms with E-state index in [1.54, 1.807) is 12.1 Å². The minimum Gasteiger partial charge on any atom is -0.306 e. The second-order valence-corrected chi connectivity index (χ2v) is 3.54. The molecular weight excluding hydrogens is 230 g/mol. The molecule has 0 spiro atoms. The lowest BCUT2D eigenvalue weighted by Gasteiger charge is -2.05. The van der Waals surface area contributed by atoms with Crippen molar-refractivity contribution in [2.75, 3.05) is 5.43 Å². The normalized spacial score (nSPS) is 12.4. The number of carbonyl (C=O) groups is 1. The number of aromatic nitrogens is 1. The maximum atomic E-state index is 11.2. The first-order chi connectivity index (χ1) is 8.79. The number of hydrazine groups is 2. The number of nitrogens with zero attached hydrogens (tertiary/aromatic N) is 1. The Bertz CT molecular complexity index is 502. The fourth-order valence-corrected chi connectivity index (χ4v) is 1.36. The van der Waals surface area contributed by atoms with Crippen LogP contribution in [0.15, 0.2) is 54.4 Å². The van der Waals surface area contributed by atoms with Gasteiger partial charge in [0.25, 0.3) is 5.91 Å². The van der Waals surface area contributed by atoms with Gasteiger partial charge in [0, 0.05) is 12.4 Å². The van der Waals surface area contributed by atoms with Crippen molar-refractivity contribution in [1.82, 2.24) is 15.8 Å². The van der Waals surface area contributed by atoms with Crippen LogP contribution in [-0.4, -0.2) is 10.9 Å². The minimum absolute atomic E-state index is 0.370. The molecule has 18 heavy (non-hydrogen) atoms. The van der Waals surface area contributed by atoms with Crippen LogP contribution in [0.5, 0.6) is 0 Å². The molecule has 1 heterocycles. The van der Waals surface area contributed by atoms with Crippen LogP contribution in [0, 0.1) is 0 Å². The summed E-state index contributed by atoms with van der Waals surface area (Å²) in [5.41, 5.74) is 9.30. The van der Waals surface area contributed by atoms with E-state index in [0.29, 0.717) is 11.4 Å². The first kappa shape index (κ1) is 11.9. The lowest BCUT2D eigenvalue weighted by Crippen LogP contribution is -2.30. The van der Waals surface area contributed by atoms with Gasteiger partial charge in [0.05, 0.1) is 5.56 Å². The number of allylic oxidation sites excluding steroid dienone is 5. The fourth-order valence-electron chi connectivity index (χ4n) is 1.36. The summed E-state index contributed by atoms with van der Waals surface area (Å²) in [6.45, 7) is 0. The third-order valence-electron chi connectivity index (χ3n) is 2.28. The Morgan fingerprint density at radius 1 is 1.28 bits per heavy atom. The molecule has 0 unspecified atom stereocenters. The Balaban J connectivity index is 1.90. The molecule has 2 rings (SSSR count). The van der Waals surface area contributed by atoms with Gasteiger partial charge < -0.3 is 5.43 Å². The zero-order chi connectivity index (χ0) is 12.8. The van der Waals surface area contributed by atoms with Crippen LogP contribution in [0.2, 0.25) is 0 Å². The van der Waals surface area contributed by atoms with Gasteiger partial charge in [-0.1, -0.05) is 24.3 Å². The van der Waals surface area contributed by atoms with E-state index in [2.05, 4.69) is 15.8 Å². The SMILES string of the molecule is NNC(=O)c1ccc(NNC=C2C=CC=C2)nc1. The maximum absolute atomic E-state index is 11.2. The summed E-state index contributed by atoms with van der Waals surface area (Å²) in [7, 11) is 0. The number of amides is 1. The molecule has 1 aromatic rings. The summed E-state index contributed by atoms with van der Waals surface area (Å²) in [6, 6.07) is 3.30. The van der Waals surface area contributed by atoms with Crippen molar-refractivity contribution in [2.24, 2.45) is 5.84 Å². The van der Waals surface area contributed by atoms with Gasteiger partial charge in [0.2, 0.25) is 0 Å². The molecule has 0 fully saturated rings. The molecule has 0 aliphatic heterocycles. The molecule has 6 nitrogen and oxygen atoms in total. The first-order valence-corrected chi connectivity index (χ1v) is 5.33. The molecule has 1 aromatic heterocycles. The summed E-state index contributed by atoms with van der Waals surface area (Å²) in [6.07, 6.45) is 11.1. The van der Waals surface area contributed by atoms with Crippen molar-refractivity contribution in [2.45, 2.75) is 0 Å². The van der Waals surface area contributed by atoms with E-state index in [1.807, 2.05) is 35.9 Å². The van der Waals surface area contributed by atoms with E-state index in [4.69, 9.17) is 5.84 Å². The van der Waals surface area contributed by atoms with Gasteiger partial charge in [-0.3, -0.25) is 15.6 Å². The molecule has 92 valence electrons. The van der Waals surface area contributed by atoms with Crippen LogP contribution < -0.4 is 22.1 Å². The third-order valence-corrected chi connectivity index (χ3v) is 2.28. The summed E-state index contributed by atoms with van der Waals surface area (Å²) in [4.78, 5) is 15.2. The van der Waals surface area contributed by atoms with Crippen LogP contribution in [0.4, 0.5) is 5.82 Å². The van der Waals surface area contributed by atoms with Crippen molar-refractivity contribution in [3.05, 3.63) is 60.0 Å². The molecule has 5 N–H and O–H groups in total. The summed E-state index contributed by atoms with van der Waals surface area (Å²) in [5.74, 6) is 5.25. The third kappa shape index (κ3) is 2.96. The van der Waals surface area contributed by atoms with E-state index in [1.165, 1.54) is 6.20 Å². The highest BCUT2D eigenvalue weighted by Crippen LogP contribution is 2.06. The van der Waals surface area contributed by atoms with Crippen LogP contribution in [0.25, 0.3) is 0 Å². The number of nitrogen functional groups attached to an aromatic ring is 1. The molecule has 0 bridgehead atoms. The molecule has 6 heteroatoms. The average molecular weight is 243 g/mol. The highest BCUT2D eigenvalue weighted by Gasteiger charge is 2.02. The number of rotatable bonds is 4. The Kier molecular flexibility index (Phi) is 3.72. The van der Waals surface area contributed by atoms with E-state index in [0.717, 1.165) is 5.57 Å². The molecule has 0 radical (unpaired) electrons. The fraction of sp³-hybridized carbons (Fsp3) is 0. The first-order valence-electron chi connectivity index (χ1n) is 5.33. The van der Waals surface area contributed by atoms with Crippen molar-refractivity contribution in [3.63, 3.8) is 0 Å². The second-order valence-electron chi connectivity index (χ2n) is 3.54. The van der Waals surface area contributed by atoms with Crippen LogP contribution in [-0.2, 0) is 0 Å². The van der Waals surface area contributed by atoms with E-state index < -0.39 is 0 Å². The van der Waals surface area contributed by atoms with Crippen LogP contribution >= 0.6 is 0 Å². The number of nitrogens with one attached hydrogen (secondary N) is 3. The number of carbonyl (C=O) groups excluding carboxylic acids is 1. The zero-order valence-corrected chi connectivity index (χ0v) is 9.55. The number of hydrogen-bond acceptors (Lipinski definition) is 5. The van der Waals surface area contributed by atoms with E-state index in [9.17, 15) is 4.79 Å². The van der Waals surface area contributed by atoms with E-state index >= 15 is 0 Å². The van der Waals surface area contributed by atoms with Crippen LogP contribution in [0.3, 0.4) is 0 Å². The van der Waals surface area contributed by atoms with Gasteiger partial charge in [-0.05, 0) is 17.7 Å². The minimum atomic E-state index is -0.370. The molecule has 0 aromatic carbocycles. The maximum Gasteiger partial charge on any atom is 0.266 e. The average Bonchev–Trinajstić information content (AvgIpc) is 2.92. The van der Waals surface area contributed by atoms with Gasteiger partial charge >= 0.3 is 0 Å². The van der Waals surface area contributed by atoms with Gasteiger partial charge in [-0.15, -0.1) is 0 Å². The Hall–Kier alpha value is -2.60. The Labute approximate surface area is 104 Å². The second kappa shape index (κ2) is 5.65. The van der Waals surface area contributed by atoms with E-state index in [-0.39, 0.29) is 5.91 Å². The highest BCUT2D eigenvalue weighted by molar-refractivity contribution is 5.93. The zero-order valence-electron chi connectivity index (χ0n) is 9.55. The smallest absolute Gasteiger partial charge is 0.266 e. The predicted molar refractivity (Wildman–Crippen MR) is 69.0 cm³/mol. The monoisotopic (exact) mass is 243 g/mol. The highest BCUT2D eigenvalue weighted by atomic mass is 16.2. The van der Waals surface area contributed by atoms with Crippen molar-refractivity contribution < 1.29 is 4.79 Å². The molecule has 0 saturated carbocycles. The van der Waals surface area contributed by atoms with Gasteiger partial charge in [-0.25, -0.2) is 10.8 Å². The largest absolute Gasteiger partial charge is 0.306 e. The number of anilines is 1. The molecule has 1 aliphatic rings. The standard InChI is InChI=1S/C12H13N5O/c13-16-12(18)10-5-6-11(14-8-10)17-15-7-9-3-1-2-4-9/h1-8,15H,13H2,(H,14,17)(H,16,18). The quantitative estimate of drug-likeness (QED) is 0.353. The molecular formula is C12H13N5O. The predicted octanol–water partition coefficient (Wildman–Crippen LogP) is 0.611. The van der Waals surface area contributed by atoms with Crippen molar-refractivity contribution in [3.8, 4) is 0 Å². The summed E-state index contributed by atoms with van der Waals surface area (Å²) in [5, 5.41) is 0. The molecule has 1 aliphatic carbocycles. The van der Waals surface area contributed by atoms with Gasteiger partial charge in [0.1, 0.15) is 5.82 Å². The van der Waals surface area contributed by atoms with Gasteiger partial charge in [-0.2, -0.15) is 0 Å². The molecule has 0 saturated heterocycles. The van der Waals surface area contributed by atoms with Crippen molar-refractivity contribution in [1.29, 1.82) is 0 Å². The Morgan fingerprint density at radius 2 is 2.06 bits per heavy atom. The summed E-state index contributed by atoms with van der Waals surface area (Å²) >= 11 is 0. The molecule has 1 amide bonds. The van der Waals surface area contributed by atoms with Gasteiger partial charge in [0.15, 0.2) is 0 Å². The number of hydrogen-bond donors (Lipinski definition) is 4. The van der Waals surface area contributed by atoms with Crippen LogP contribution in [0.1, 0.15) is 10.4 Å². The number of pyridine rings is 1. The van der Waals surface area contributed by atoms with Crippen molar-refractivity contribution >= 4 is 11.7 Å². The Morgan fingerprint density at radius 3 is 2.67 bits per heavy atom. The topological polar surface area (TPSA) is 92.1 Å². The molecule has 0 atom stereocenters. The number of nitrogens with two attached hydrogens (primary N) is 1. The lowest BCUT2D eigenvalue weighted by molar-refractivity contribution is 0.0953.